The van der Waals surface area contributed by atoms with E-state index in [0.717, 1.165) is 31.9 Å². The van der Waals surface area contributed by atoms with Gasteiger partial charge in [0.05, 0.1) is 45.1 Å². The number of aryl methyl sites for hydroxylation is 2. The monoisotopic (exact) mass is 730 g/mol. The molecule has 0 atom stereocenters. The van der Waals surface area contributed by atoms with E-state index in [0.29, 0.717) is 0 Å². The van der Waals surface area contributed by atoms with Gasteiger partial charge in [0.1, 0.15) is 0 Å². The molecule has 0 aliphatic rings. The number of fused-ring (bicyclic) bond motifs is 2. The minimum Gasteiger partial charge on any atom is -0.343 e. The summed E-state index contributed by atoms with van der Waals surface area (Å²) in [6, 6.07) is 23.2. The minimum atomic E-state index is -0.469. The Bertz CT molecular complexity index is 2310. The van der Waals surface area contributed by atoms with Crippen molar-refractivity contribution >= 4 is 22.3 Å². The molecule has 8 heterocycles. The Morgan fingerprint density at radius 3 is 1.00 bits per heavy atom. The summed E-state index contributed by atoms with van der Waals surface area (Å²) < 4.78 is 4.41. The molecule has 8 aromatic heterocycles. The van der Waals surface area contributed by atoms with Crippen LogP contribution in [0.5, 0.6) is 0 Å². The van der Waals surface area contributed by atoms with Crippen LogP contribution >= 0.6 is 0 Å². The van der Waals surface area contributed by atoms with Crippen molar-refractivity contribution in [2.75, 3.05) is 0 Å². The molecule has 0 bridgehead atoms. The SMILES string of the molecule is Cn1c(=O)c2[n-]nnc2n(C)c1=O.Cn1c(=O)c2[n-]nnc2n(C)c1=O.[Ni+2].c1ccc(-c2ccccn2)nc1.c1ccc(-c2ccccn2)nc1. The van der Waals surface area contributed by atoms with Crippen LogP contribution in [0.1, 0.15) is 0 Å². The fourth-order valence-electron chi connectivity index (χ4n) is 4.31. The van der Waals surface area contributed by atoms with Crippen LogP contribution in [-0.4, -0.2) is 58.8 Å². The summed E-state index contributed by atoms with van der Waals surface area (Å²) in [4.78, 5) is 62.1. The zero-order valence-corrected chi connectivity index (χ0v) is 28.4. The number of hydrogen-bond donors (Lipinski definition) is 0. The van der Waals surface area contributed by atoms with Crippen molar-refractivity contribution in [2.24, 2.45) is 28.2 Å². The Balaban J connectivity index is 0.000000152. The van der Waals surface area contributed by atoms with Gasteiger partial charge in [-0.15, -0.1) is 0 Å². The van der Waals surface area contributed by atoms with Crippen molar-refractivity contribution in [2.45, 2.75) is 0 Å². The third-order valence-electron chi connectivity index (χ3n) is 6.97. The zero-order chi connectivity index (χ0) is 35.6. The largest absolute Gasteiger partial charge is 2.00 e. The third-order valence-corrected chi connectivity index (χ3v) is 6.97. The molecule has 0 radical (unpaired) electrons. The van der Waals surface area contributed by atoms with E-state index in [2.05, 4.69) is 50.8 Å². The predicted molar refractivity (Wildman–Crippen MR) is 182 cm³/mol. The Morgan fingerprint density at radius 1 is 0.451 bits per heavy atom. The van der Waals surface area contributed by atoms with Crippen LogP contribution < -0.4 is 32.7 Å². The third kappa shape index (κ3) is 8.46. The van der Waals surface area contributed by atoms with E-state index >= 15 is 0 Å². The predicted octanol–water partition coefficient (Wildman–Crippen LogP) is 0.254. The van der Waals surface area contributed by atoms with Gasteiger partial charge in [-0.1, -0.05) is 24.3 Å². The molecule has 0 aliphatic carbocycles. The van der Waals surface area contributed by atoms with Crippen LogP contribution in [0.2, 0.25) is 0 Å². The first-order chi connectivity index (χ1) is 24.2. The molecule has 260 valence electrons. The molecule has 0 N–H and O–H groups in total. The molecule has 0 saturated heterocycles. The molecular formula is C32H28N14NiO4. The van der Waals surface area contributed by atoms with Gasteiger partial charge in [0, 0.05) is 53.0 Å². The van der Waals surface area contributed by atoms with Crippen LogP contribution in [0.25, 0.3) is 45.1 Å². The van der Waals surface area contributed by atoms with E-state index in [9.17, 15) is 19.2 Å². The number of aromatic nitrogens is 14. The van der Waals surface area contributed by atoms with Crippen molar-refractivity contribution in [1.82, 2.24) is 69.0 Å². The van der Waals surface area contributed by atoms with Gasteiger partial charge >= 0.3 is 27.9 Å². The van der Waals surface area contributed by atoms with Crippen LogP contribution in [0.3, 0.4) is 0 Å². The molecule has 0 fully saturated rings. The van der Waals surface area contributed by atoms with Crippen LogP contribution in [-0.2, 0) is 44.7 Å². The molecule has 51 heavy (non-hydrogen) atoms. The van der Waals surface area contributed by atoms with Crippen molar-refractivity contribution in [3.63, 3.8) is 0 Å². The molecule has 0 amide bonds. The van der Waals surface area contributed by atoms with Gasteiger partial charge in [-0.2, -0.15) is 0 Å². The summed E-state index contributed by atoms with van der Waals surface area (Å²) in [7, 11) is 5.80. The van der Waals surface area contributed by atoms with Gasteiger partial charge in [-0.25, -0.2) is 9.59 Å². The average Bonchev–Trinajstić information content (AvgIpc) is 3.89. The van der Waals surface area contributed by atoms with Crippen molar-refractivity contribution in [3.8, 4) is 22.8 Å². The zero-order valence-electron chi connectivity index (χ0n) is 27.4. The van der Waals surface area contributed by atoms with E-state index in [4.69, 9.17) is 0 Å². The smallest absolute Gasteiger partial charge is 0.343 e. The molecule has 8 aromatic rings. The molecular weight excluding hydrogens is 703 g/mol. The molecule has 18 nitrogen and oxygen atoms in total. The van der Waals surface area contributed by atoms with E-state index in [1.807, 2.05) is 72.8 Å². The van der Waals surface area contributed by atoms with Gasteiger partial charge in [0.25, 0.3) is 11.1 Å². The first-order valence-electron chi connectivity index (χ1n) is 14.7. The average molecular weight is 731 g/mol. The van der Waals surface area contributed by atoms with Gasteiger partial charge in [-0.3, -0.25) is 58.2 Å². The first-order valence-corrected chi connectivity index (χ1v) is 14.7. The summed E-state index contributed by atoms with van der Waals surface area (Å²) in [6.07, 6.45) is 7.07. The molecule has 8 rings (SSSR count). The summed E-state index contributed by atoms with van der Waals surface area (Å²) in [5.41, 5.74) is 2.52. The Labute approximate surface area is 297 Å². The molecule has 0 saturated carbocycles. The van der Waals surface area contributed by atoms with Gasteiger partial charge in [0.2, 0.25) is 0 Å². The number of rotatable bonds is 2. The Hall–Kier alpha value is -6.75. The quantitative estimate of drug-likeness (QED) is 0.218. The topological polar surface area (TPSA) is 219 Å². The summed E-state index contributed by atoms with van der Waals surface area (Å²) >= 11 is 0. The fourth-order valence-corrected chi connectivity index (χ4v) is 4.31. The molecule has 0 spiro atoms. The number of nitrogens with zero attached hydrogens (tertiary/aromatic N) is 14. The number of pyridine rings is 4. The molecule has 0 unspecified atom stereocenters. The van der Waals surface area contributed by atoms with Crippen molar-refractivity contribution < 1.29 is 16.5 Å². The number of hydrogen-bond acceptors (Lipinski definition) is 12. The summed E-state index contributed by atoms with van der Waals surface area (Å²) in [5.74, 6) is 0. The van der Waals surface area contributed by atoms with Gasteiger partial charge in [0.15, 0.2) is 0 Å². The van der Waals surface area contributed by atoms with E-state index in [1.165, 1.54) is 37.3 Å². The Morgan fingerprint density at radius 2 is 0.745 bits per heavy atom. The van der Waals surface area contributed by atoms with E-state index in [1.54, 1.807) is 24.8 Å². The van der Waals surface area contributed by atoms with E-state index < -0.39 is 22.5 Å². The van der Waals surface area contributed by atoms with E-state index in [-0.39, 0.29) is 38.8 Å². The maximum Gasteiger partial charge on any atom is 2.00 e. The van der Waals surface area contributed by atoms with Gasteiger partial charge in [-0.05, 0) is 48.5 Å². The second-order valence-electron chi connectivity index (χ2n) is 10.2. The van der Waals surface area contributed by atoms with Crippen LogP contribution in [0, 0.1) is 0 Å². The second-order valence-corrected chi connectivity index (χ2v) is 10.2. The summed E-state index contributed by atoms with van der Waals surface area (Å²) in [5, 5.41) is 20.9. The molecule has 19 heteroatoms. The van der Waals surface area contributed by atoms with Crippen molar-refractivity contribution in [3.05, 3.63) is 139 Å². The first kappa shape index (κ1) is 37.1. The second kappa shape index (κ2) is 17.1. The summed E-state index contributed by atoms with van der Waals surface area (Å²) in [6.45, 7) is 0. The van der Waals surface area contributed by atoms with Crippen LogP contribution in [0.15, 0.2) is 117 Å². The Kier molecular flexibility index (Phi) is 12.4. The van der Waals surface area contributed by atoms with Crippen LogP contribution in [0.4, 0.5) is 0 Å². The minimum absolute atomic E-state index is 0. The molecule has 0 aliphatic heterocycles. The standard InChI is InChI=1S/2C10H8N2.2C6H7N5O2.Ni/c2*1-3-7-11-9(5-1)10-6-2-4-8-12-10;2*1-10-4-3(7-9-8-4)5(12)11(2)6(10)13;/h2*1-8H;2*1-2H3,(H,7,8,9,12);/q;;;;+2/p-2. The normalized spacial score (nSPS) is 10.1. The molecule has 0 aromatic carbocycles. The van der Waals surface area contributed by atoms with Crippen molar-refractivity contribution in [1.29, 1.82) is 0 Å². The maximum absolute atomic E-state index is 11.4. The fraction of sp³-hybridized carbons (Fsp3) is 0.125. The van der Waals surface area contributed by atoms with Gasteiger partial charge < -0.3 is 20.4 Å². The maximum atomic E-state index is 11.4.